The Bertz CT molecular complexity index is 338. The van der Waals surface area contributed by atoms with Crippen LogP contribution in [-0.4, -0.2) is 74.7 Å². The highest BCUT2D eigenvalue weighted by molar-refractivity contribution is 5.88. The molecule has 0 aromatic carbocycles. The van der Waals surface area contributed by atoms with E-state index in [4.69, 9.17) is 4.74 Å². The van der Waals surface area contributed by atoms with Crippen LogP contribution in [0.4, 0.5) is 0 Å². The molecule has 18 heavy (non-hydrogen) atoms. The van der Waals surface area contributed by atoms with Crippen LogP contribution in [0.1, 0.15) is 0 Å². The molecule has 5 heteroatoms. The lowest BCUT2D eigenvalue weighted by Gasteiger charge is -2.55. The van der Waals surface area contributed by atoms with Crippen molar-refractivity contribution in [3.63, 3.8) is 0 Å². The fraction of sp³-hybridized carbons (Fsp3) is 0.769. The van der Waals surface area contributed by atoms with Crippen LogP contribution in [0.2, 0.25) is 0 Å². The van der Waals surface area contributed by atoms with Crippen LogP contribution >= 0.6 is 0 Å². The number of morpholine rings is 1. The third-order valence-corrected chi connectivity index (χ3v) is 4.09. The van der Waals surface area contributed by atoms with Gasteiger partial charge in [-0.3, -0.25) is 9.69 Å². The maximum absolute atomic E-state index is 11.9. The molecule has 1 amide bonds. The number of rotatable bonds is 3. The summed E-state index contributed by atoms with van der Waals surface area (Å²) in [6.45, 7) is 8.43. The van der Waals surface area contributed by atoms with E-state index in [1.807, 2.05) is 11.0 Å². The van der Waals surface area contributed by atoms with Crippen LogP contribution in [0.25, 0.3) is 0 Å². The zero-order valence-corrected chi connectivity index (χ0v) is 10.7. The van der Waals surface area contributed by atoms with Crippen LogP contribution in [0.5, 0.6) is 0 Å². The highest BCUT2D eigenvalue weighted by Crippen LogP contribution is 2.33. The van der Waals surface area contributed by atoms with Crippen LogP contribution < -0.4 is 5.32 Å². The van der Waals surface area contributed by atoms with Crippen LogP contribution in [0, 0.1) is 5.41 Å². The quantitative estimate of drug-likeness (QED) is 0.674. The summed E-state index contributed by atoms with van der Waals surface area (Å²) in [6, 6.07) is 0. The van der Waals surface area contributed by atoms with Crippen molar-refractivity contribution in [3.05, 3.63) is 12.2 Å². The van der Waals surface area contributed by atoms with Crippen molar-refractivity contribution in [1.29, 1.82) is 0 Å². The van der Waals surface area contributed by atoms with Gasteiger partial charge in [0.1, 0.15) is 0 Å². The van der Waals surface area contributed by atoms with E-state index in [0.717, 1.165) is 59.0 Å². The van der Waals surface area contributed by atoms with E-state index in [2.05, 4.69) is 10.2 Å². The van der Waals surface area contributed by atoms with Gasteiger partial charge in [0, 0.05) is 57.3 Å². The van der Waals surface area contributed by atoms with Crippen LogP contribution in [0.15, 0.2) is 12.2 Å². The predicted octanol–water partition coefficient (Wildman–Crippen LogP) is -0.693. The van der Waals surface area contributed by atoms with Gasteiger partial charge in [0.15, 0.2) is 0 Å². The topological polar surface area (TPSA) is 44.8 Å². The monoisotopic (exact) mass is 251 g/mol. The zero-order valence-electron chi connectivity index (χ0n) is 10.7. The van der Waals surface area contributed by atoms with Gasteiger partial charge in [0.2, 0.25) is 5.91 Å². The summed E-state index contributed by atoms with van der Waals surface area (Å²) in [5.41, 5.74) is 0.424. The van der Waals surface area contributed by atoms with Gasteiger partial charge in [-0.05, 0) is 0 Å². The van der Waals surface area contributed by atoms with E-state index in [1.165, 1.54) is 0 Å². The summed E-state index contributed by atoms with van der Waals surface area (Å²) < 4.78 is 5.29. The number of hydrogen-bond donors (Lipinski definition) is 1. The highest BCUT2D eigenvalue weighted by Gasteiger charge is 2.48. The number of hydrogen-bond acceptors (Lipinski definition) is 4. The molecule has 0 atom stereocenters. The Kier molecular flexibility index (Phi) is 3.37. The van der Waals surface area contributed by atoms with E-state index in [1.54, 1.807) is 6.08 Å². The standard InChI is InChI=1S/C13H21N3O2/c17-12(16-10-13(11-16)8-14-9-13)2-1-3-15-4-6-18-7-5-15/h1-2,14H,3-11H2/b2-1+. The first-order valence-corrected chi connectivity index (χ1v) is 6.74. The average Bonchev–Trinajstić information content (AvgIpc) is 2.26. The Morgan fingerprint density at radius 1 is 1.28 bits per heavy atom. The maximum atomic E-state index is 11.9. The molecule has 3 saturated heterocycles. The first-order chi connectivity index (χ1) is 8.77. The molecule has 0 aliphatic carbocycles. The fourth-order valence-corrected chi connectivity index (χ4v) is 2.81. The summed E-state index contributed by atoms with van der Waals surface area (Å²) >= 11 is 0. The van der Waals surface area contributed by atoms with Gasteiger partial charge in [-0.2, -0.15) is 0 Å². The van der Waals surface area contributed by atoms with E-state index >= 15 is 0 Å². The fourth-order valence-electron chi connectivity index (χ4n) is 2.81. The molecule has 3 rings (SSSR count). The molecule has 0 unspecified atom stereocenters. The number of amides is 1. The molecule has 0 aromatic rings. The predicted molar refractivity (Wildman–Crippen MR) is 68.3 cm³/mol. The van der Waals surface area contributed by atoms with Gasteiger partial charge in [0.25, 0.3) is 0 Å². The molecule has 3 aliphatic rings. The third-order valence-electron chi connectivity index (χ3n) is 4.09. The lowest BCUT2D eigenvalue weighted by molar-refractivity contribution is -0.141. The maximum Gasteiger partial charge on any atom is 0.246 e. The Morgan fingerprint density at radius 2 is 2.00 bits per heavy atom. The minimum atomic E-state index is 0.167. The Morgan fingerprint density at radius 3 is 2.61 bits per heavy atom. The largest absolute Gasteiger partial charge is 0.379 e. The molecular weight excluding hydrogens is 230 g/mol. The Hall–Kier alpha value is -0.910. The van der Waals surface area contributed by atoms with E-state index in [-0.39, 0.29) is 5.91 Å². The molecule has 3 aliphatic heterocycles. The molecule has 5 nitrogen and oxygen atoms in total. The molecule has 0 bridgehead atoms. The summed E-state index contributed by atoms with van der Waals surface area (Å²) in [5, 5.41) is 3.28. The molecule has 100 valence electrons. The molecule has 0 aromatic heterocycles. The van der Waals surface area contributed by atoms with Gasteiger partial charge in [-0.1, -0.05) is 6.08 Å². The minimum Gasteiger partial charge on any atom is -0.379 e. The Labute approximate surface area is 108 Å². The summed E-state index contributed by atoms with van der Waals surface area (Å²) in [7, 11) is 0. The number of carbonyl (C=O) groups excluding carboxylic acids is 1. The van der Waals surface area contributed by atoms with Crippen LogP contribution in [-0.2, 0) is 9.53 Å². The van der Waals surface area contributed by atoms with Crippen molar-refractivity contribution >= 4 is 5.91 Å². The van der Waals surface area contributed by atoms with Crippen molar-refractivity contribution in [2.75, 3.05) is 59.0 Å². The number of nitrogens with zero attached hydrogens (tertiary/aromatic N) is 2. The van der Waals surface area contributed by atoms with Gasteiger partial charge >= 0.3 is 0 Å². The molecular formula is C13H21N3O2. The number of ether oxygens (including phenoxy) is 1. The van der Waals surface area contributed by atoms with Crippen molar-refractivity contribution < 1.29 is 9.53 Å². The summed E-state index contributed by atoms with van der Waals surface area (Å²) in [6.07, 6.45) is 3.71. The second kappa shape index (κ2) is 4.99. The van der Waals surface area contributed by atoms with E-state index < -0.39 is 0 Å². The molecule has 1 N–H and O–H groups in total. The smallest absolute Gasteiger partial charge is 0.246 e. The lowest BCUT2D eigenvalue weighted by atomic mass is 9.74. The highest BCUT2D eigenvalue weighted by atomic mass is 16.5. The van der Waals surface area contributed by atoms with E-state index in [0.29, 0.717) is 5.41 Å². The van der Waals surface area contributed by atoms with Gasteiger partial charge < -0.3 is 15.0 Å². The van der Waals surface area contributed by atoms with E-state index in [9.17, 15) is 4.79 Å². The van der Waals surface area contributed by atoms with Crippen LogP contribution in [0.3, 0.4) is 0 Å². The second-order valence-corrected chi connectivity index (χ2v) is 5.61. The summed E-state index contributed by atoms with van der Waals surface area (Å²) in [4.78, 5) is 16.1. The first-order valence-electron chi connectivity index (χ1n) is 6.74. The van der Waals surface area contributed by atoms with Gasteiger partial charge in [-0.15, -0.1) is 0 Å². The first kappa shape index (κ1) is 12.1. The second-order valence-electron chi connectivity index (χ2n) is 5.61. The zero-order chi connectivity index (χ0) is 12.4. The van der Waals surface area contributed by atoms with Crippen molar-refractivity contribution in [2.24, 2.45) is 5.41 Å². The van der Waals surface area contributed by atoms with Crippen molar-refractivity contribution in [3.8, 4) is 0 Å². The third kappa shape index (κ3) is 2.43. The molecule has 0 saturated carbocycles. The van der Waals surface area contributed by atoms with Crippen molar-refractivity contribution in [1.82, 2.24) is 15.1 Å². The number of likely N-dealkylation sites (tertiary alicyclic amines) is 1. The molecule has 0 radical (unpaired) electrons. The minimum absolute atomic E-state index is 0.167. The lowest BCUT2D eigenvalue weighted by Crippen LogP contribution is -2.71. The average molecular weight is 251 g/mol. The molecule has 3 heterocycles. The summed E-state index contributed by atoms with van der Waals surface area (Å²) in [5.74, 6) is 0.167. The normalized spacial score (nSPS) is 27.2. The molecule has 3 fully saturated rings. The number of carbonyl (C=O) groups is 1. The Balaban J connectivity index is 1.38. The molecule has 1 spiro atoms. The van der Waals surface area contributed by atoms with Gasteiger partial charge in [-0.25, -0.2) is 0 Å². The van der Waals surface area contributed by atoms with Gasteiger partial charge in [0.05, 0.1) is 13.2 Å². The van der Waals surface area contributed by atoms with Crippen molar-refractivity contribution in [2.45, 2.75) is 0 Å². The SMILES string of the molecule is O=C(/C=C/CN1CCOCC1)N1CC2(CNC2)C1. The number of nitrogens with one attached hydrogen (secondary N) is 1.